The van der Waals surface area contributed by atoms with Gasteiger partial charge < -0.3 is 10.4 Å². The Hall–Kier alpha value is -1.91. The maximum absolute atomic E-state index is 13.5. The fourth-order valence-electron chi connectivity index (χ4n) is 2.90. The van der Waals surface area contributed by atoms with E-state index in [1.807, 2.05) is 0 Å². The van der Waals surface area contributed by atoms with Gasteiger partial charge in [-0.1, -0.05) is 31.0 Å². The van der Waals surface area contributed by atoms with Gasteiger partial charge in [-0.15, -0.1) is 0 Å². The van der Waals surface area contributed by atoms with Crippen LogP contribution in [0.25, 0.3) is 0 Å². The minimum atomic E-state index is -0.789. The fourth-order valence-corrected chi connectivity index (χ4v) is 2.90. The molecule has 1 fully saturated rings. The Morgan fingerprint density at radius 2 is 1.95 bits per heavy atom. The van der Waals surface area contributed by atoms with Crippen LogP contribution in [0.2, 0.25) is 0 Å². The van der Waals surface area contributed by atoms with Gasteiger partial charge in [0.1, 0.15) is 5.82 Å². The molecule has 2 N–H and O–H groups in total. The molecule has 0 aromatic heterocycles. The first-order valence-electron chi connectivity index (χ1n) is 7.31. The lowest BCUT2D eigenvalue weighted by atomic mass is 9.79. The smallest absolute Gasteiger partial charge is 0.306 e. The number of carboxylic acids is 1. The van der Waals surface area contributed by atoms with Crippen LogP contribution in [0.1, 0.15) is 31.2 Å². The summed E-state index contributed by atoms with van der Waals surface area (Å²) in [5.41, 5.74) is 0.355. The molecular formula is C16H20FNO3. The lowest BCUT2D eigenvalue weighted by Crippen LogP contribution is -2.37. The number of carbonyl (C=O) groups excluding carboxylic acids is 1. The van der Waals surface area contributed by atoms with Gasteiger partial charge in [-0.05, 0) is 30.4 Å². The van der Waals surface area contributed by atoms with Gasteiger partial charge in [-0.25, -0.2) is 4.39 Å². The largest absolute Gasteiger partial charge is 0.481 e. The third-order valence-electron chi connectivity index (χ3n) is 4.10. The molecule has 2 unspecified atom stereocenters. The van der Waals surface area contributed by atoms with Crippen LogP contribution in [0, 0.1) is 17.7 Å². The van der Waals surface area contributed by atoms with E-state index in [2.05, 4.69) is 5.32 Å². The molecule has 114 valence electrons. The lowest BCUT2D eigenvalue weighted by molar-refractivity contribution is -0.145. The number of hydrogen-bond donors (Lipinski definition) is 2. The Morgan fingerprint density at radius 3 is 2.67 bits per heavy atom. The number of carbonyl (C=O) groups is 2. The normalized spacial score (nSPS) is 21.8. The molecule has 1 aliphatic carbocycles. The van der Waals surface area contributed by atoms with Crippen molar-refractivity contribution in [2.45, 2.75) is 32.1 Å². The third-order valence-corrected chi connectivity index (χ3v) is 4.10. The molecule has 0 saturated heterocycles. The molecule has 5 heteroatoms. The van der Waals surface area contributed by atoms with Crippen LogP contribution in [-0.2, 0) is 16.0 Å². The van der Waals surface area contributed by atoms with Gasteiger partial charge in [0.2, 0.25) is 5.91 Å². The van der Waals surface area contributed by atoms with Crippen molar-refractivity contribution in [1.29, 1.82) is 0 Å². The predicted octanol–water partition coefficient (Wildman–Crippen LogP) is 2.38. The van der Waals surface area contributed by atoms with Crippen molar-refractivity contribution in [3.63, 3.8) is 0 Å². The summed E-state index contributed by atoms with van der Waals surface area (Å²) in [6.07, 6.45) is 3.39. The van der Waals surface area contributed by atoms with E-state index in [1.54, 1.807) is 18.2 Å². The topological polar surface area (TPSA) is 66.4 Å². The number of aliphatic carboxylic acids is 1. The average molecular weight is 293 g/mol. The molecule has 4 nitrogen and oxygen atoms in total. The van der Waals surface area contributed by atoms with Crippen LogP contribution in [0.3, 0.4) is 0 Å². The Bertz CT molecular complexity index is 518. The fraction of sp³-hybridized carbons (Fsp3) is 0.500. The van der Waals surface area contributed by atoms with Crippen LogP contribution < -0.4 is 5.32 Å². The second-order valence-electron chi connectivity index (χ2n) is 5.56. The maximum atomic E-state index is 13.5. The Kier molecular flexibility index (Phi) is 5.31. The molecule has 2 atom stereocenters. The quantitative estimate of drug-likeness (QED) is 0.876. The molecule has 1 aromatic rings. The van der Waals surface area contributed by atoms with Crippen molar-refractivity contribution in [1.82, 2.24) is 5.32 Å². The highest BCUT2D eigenvalue weighted by Gasteiger charge is 2.30. The van der Waals surface area contributed by atoms with E-state index in [-0.39, 0.29) is 24.2 Å². The summed E-state index contributed by atoms with van der Waals surface area (Å²) < 4.78 is 13.5. The zero-order chi connectivity index (χ0) is 15.2. The molecular weight excluding hydrogens is 273 g/mol. The summed E-state index contributed by atoms with van der Waals surface area (Å²) in [5.74, 6) is -1.86. The molecule has 2 rings (SSSR count). The molecule has 0 heterocycles. The van der Waals surface area contributed by atoms with E-state index >= 15 is 0 Å². The van der Waals surface area contributed by atoms with Crippen LogP contribution in [0.4, 0.5) is 4.39 Å². The van der Waals surface area contributed by atoms with Gasteiger partial charge in [0.15, 0.2) is 0 Å². The van der Waals surface area contributed by atoms with E-state index in [1.165, 1.54) is 6.07 Å². The number of amides is 1. The van der Waals surface area contributed by atoms with Crippen molar-refractivity contribution < 1.29 is 19.1 Å². The van der Waals surface area contributed by atoms with Crippen molar-refractivity contribution in [2.24, 2.45) is 11.8 Å². The minimum absolute atomic E-state index is 0.0167. The molecule has 0 bridgehead atoms. The van der Waals surface area contributed by atoms with E-state index < -0.39 is 11.8 Å². The van der Waals surface area contributed by atoms with Gasteiger partial charge in [0, 0.05) is 6.54 Å². The van der Waals surface area contributed by atoms with Gasteiger partial charge >= 0.3 is 5.97 Å². The molecule has 21 heavy (non-hydrogen) atoms. The minimum Gasteiger partial charge on any atom is -0.481 e. The monoisotopic (exact) mass is 293 g/mol. The van der Waals surface area contributed by atoms with Gasteiger partial charge in [-0.2, -0.15) is 0 Å². The highest BCUT2D eigenvalue weighted by molar-refractivity contribution is 5.78. The highest BCUT2D eigenvalue weighted by Crippen LogP contribution is 2.29. The van der Waals surface area contributed by atoms with Crippen LogP contribution in [0.5, 0.6) is 0 Å². The van der Waals surface area contributed by atoms with Crippen molar-refractivity contribution in [3.8, 4) is 0 Å². The molecule has 1 aromatic carbocycles. The summed E-state index contributed by atoms with van der Waals surface area (Å²) in [5, 5.41) is 11.9. The van der Waals surface area contributed by atoms with Gasteiger partial charge in [0.05, 0.1) is 12.3 Å². The number of carboxylic acid groups (broad SMARTS) is 1. The second-order valence-corrected chi connectivity index (χ2v) is 5.56. The second kappa shape index (κ2) is 7.20. The first-order valence-corrected chi connectivity index (χ1v) is 7.31. The first-order chi connectivity index (χ1) is 10.1. The molecule has 0 spiro atoms. The number of nitrogens with one attached hydrogen (secondary N) is 1. The molecule has 1 aliphatic rings. The molecule has 0 radical (unpaired) electrons. The van der Waals surface area contributed by atoms with Crippen molar-refractivity contribution in [3.05, 3.63) is 35.6 Å². The van der Waals surface area contributed by atoms with Gasteiger partial charge in [-0.3, -0.25) is 9.59 Å². The van der Waals surface area contributed by atoms with Crippen molar-refractivity contribution in [2.75, 3.05) is 6.54 Å². The van der Waals surface area contributed by atoms with E-state index in [0.717, 1.165) is 19.3 Å². The van der Waals surface area contributed by atoms with Crippen LogP contribution in [0.15, 0.2) is 24.3 Å². The number of rotatable bonds is 5. The van der Waals surface area contributed by atoms with E-state index in [9.17, 15) is 19.1 Å². The Balaban J connectivity index is 1.86. The summed E-state index contributed by atoms with van der Waals surface area (Å²) in [4.78, 5) is 23.0. The average Bonchev–Trinajstić information content (AvgIpc) is 2.48. The number of hydrogen-bond acceptors (Lipinski definition) is 2. The summed E-state index contributed by atoms with van der Waals surface area (Å²) in [6, 6.07) is 6.17. The van der Waals surface area contributed by atoms with Crippen LogP contribution >= 0.6 is 0 Å². The highest BCUT2D eigenvalue weighted by atomic mass is 19.1. The van der Waals surface area contributed by atoms with E-state index in [0.29, 0.717) is 18.5 Å². The Morgan fingerprint density at radius 1 is 1.24 bits per heavy atom. The molecule has 1 saturated carbocycles. The van der Waals surface area contributed by atoms with Gasteiger partial charge in [0.25, 0.3) is 0 Å². The number of benzene rings is 1. The predicted molar refractivity (Wildman–Crippen MR) is 76.2 cm³/mol. The zero-order valence-electron chi connectivity index (χ0n) is 11.8. The summed E-state index contributed by atoms with van der Waals surface area (Å²) in [7, 11) is 0. The lowest BCUT2D eigenvalue weighted by Gasteiger charge is -2.28. The summed E-state index contributed by atoms with van der Waals surface area (Å²) in [6.45, 7) is 0.351. The van der Waals surface area contributed by atoms with Crippen molar-refractivity contribution >= 4 is 11.9 Å². The molecule has 0 aliphatic heterocycles. The first kappa shape index (κ1) is 15.5. The van der Waals surface area contributed by atoms with Crippen LogP contribution in [-0.4, -0.2) is 23.5 Å². The Labute approximate surface area is 123 Å². The maximum Gasteiger partial charge on any atom is 0.306 e. The third kappa shape index (κ3) is 4.28. The zero-order valence-corrected chi connectivity index (χ0v) is 11.8. The summed E-state index contributed by atoms with van der Waals surface area (Å²) >= 11 is 0. The molecule has 1 amide bonds. The number of halogens is 1. The standard InChI is InChI=1S/C16H20FNO3/c17-14-8-4-2-5-11(14)9-15(19)18-10-12-6-1-3-7-13(12)16(20)21/h2,4-5,8,12-13H,1,3,6-7,9-10H2,(H,18,19)(H,20,21). The SMILES string of the molecule is O=C(Cc1ccccc1F)NCC1CCCCC1C(=O)O. The van der Waals surface area contributed by atoms with E-state index in [4.69, 9.17) is 0 Å².